The molecule has 9 heteroatoms. The molecule has 0 bridgehead atoms. The molecule has 0 amide bonds. The molecule has 1 N–H and O–H groups in total. The molecule has 1 atom stereocenters. The van der Waals surface area contributed by atoms with E-state index in [1.165, 1.54) is 18.9 Å². The average molecular weight is 553 g/mol. The Bertz CT molecular complexity index is 856. The summed E-state index contributed by atoms with van der Waals surface area (Å²) in [5, 5.41) is 3.16. The number of terminal acetylenes is 1. The Balaban J connectivity index is -0.000000252. The molecule has 0 aromatic heterocycles. The summed E-state index contributed by atoms with van der Waals surface area (Å²) in [6.45, 7) is 13.0. The Hall–Kier alpha value is -2.76. The van der Waals surface area contributed by atoms with Crippen LogP contribution in [0, 0.1) is 29.5 Å². The number of carbonyl (C=O) groups is 1. The van der Waals surface area contributed by atoms with E-state index in [-0.39, 0.29) is 19.4 Å². The van der Waals surface area contributed by atoms with Crippen LogP contribution in [0.5, 0.6) is 0 Å². The second kappa shape index (κ2) is 23.4. The first kappa shape index (κ1) is 42.3. The van der Waals surface area contributed by atoms with E-state index in [9.17, 15) is 26.3 Å². The Morgan fingerprint density at radius 2 is 1.68 bits per heavy atom. The van der Waals surface area contributed by atoms with Crippen LogP contribution in [0.2, 0.25) is 0 Å². The van der Waals surface area contributed by atoms with Crippen LogP contribution in [-0.2, 0) is 17.4 Å². The van der Waals surface area contributed by atoms with Crippen LogP contribution >= 0.6 is 0 Å². The molecule has 1 aromatic rings. The minimum absolute atomic E-state index is 0. The van der Waals surface area contributed by atoms with Crippen molar-refractivity contribution in [2.75, 3.05) is 20.5 Å². The normalized spacial score (nSPS) is 12.0. The van der Waals surface area contributed by atoms with Gasteiger partial charge < -0.3 is 10.1 Å². The van der Waals surface area contributed by atoms with Crippen molar-refractivity contribution in [2.24, 2.45) is 16.3 Å². The van der Waals surface area contributed by atoms with Gasteiger partial charge in [0.2, 0.25) is 6.93 Å². The number of aliphatic imine (C=N–C) groups is 1. The smallest absolute Gasteiger partial charge is 0.359 e. The number of halogens is 6. The lowest BCUT2D eigenvalue weighted by Crippen LogP contribution is -2.27. The van der Waals surface area contributed by atoms with E-state index in [4.69, 9.17) is 11.2 Å². The van der Waals surface area contributed by atoms with Crippen molar-refractivity contribution in [3.8, 4) is 12.3 Å². The zero-order valence-electron chi connectivity index (χ0n) is 23.2. The SMILES string of the molecule is C.C#CCNC(=NC)/C(C)=C/C(CC)C(C)(C)CC.CC=O.CCc1ccc(F)cc1C(F)(F)F.FCF. The Morgan fingerprint density at radius 3 is 2.03 bits per heavy atom. The number of nitrogens with one attached hydrogen (secondary N) is 1. The Morgan fingerprint density at radius 1 is 1.18 bits per heavy atom. The number of amidine groups is 1. The highest BCUT2D eigenvalue weighted by atomic mass is 19.4. The number of alkyl halides is 5. The van der Waals surface area contributed by atoms with Gasteiger partial charge in [-0.05, 0) is 61.3 Å². The highest BCUT2D eigenvalue weighted by Crippen LogP contribution is 2.34. The molecule has 0 heterocycles. The first-order chi connectivity index (χ1) is 17.2. The second-order valence-corrected chi connectivity index (χ2v) is 8.33. The minimum atomic E-state index is -4.46. The fraction of sp³-hybridized carbons (Fsp3) is 0.586. The summed E-state index contributed by atoms with van der Waals surface area (Å²) >= 11 is 0. The molecular formula is C29H46F6N2O. The number of rotatable bonds is 7. The van der Waals surface area contributed by atoms with Crippen LogP contribution in [0.15, 0.2) is 34.8 Å². The quantitative estimate of drug-likeness (QED) is 0.121. The molecule has 3 nitrogen and oxygen atoms in total. The summed E-state index contributed by atoms with van der Waals surface area (Å²) in [4.78, 5) is 13.1. The second-order valence-electron chi connectivity index (χ2n) is 8.33. The molecule has 0 saturated heterocycles. The van der Waals surface area contributed by atoms with Gasteiger partial charge in [-0.15, -0.1) is 6.42 Å². The molecule has 0 aliphatic rings. The average Bonchev–Trinajstić information content (AvgIpc) is 2.83. The lowest BCUT2D eigenvalue weighted by atomic mass is 9.74. The first-order valence-corrected chi connectivity index (χ1v) is 11.9. The van der Waals surface area contributed by atoms with E-state index in [2.05, 4.69) is 56.9 Å². The molecule has 0 aliphatic carbocycles. The zero-order chi connectivity index (χ0) is 29.7. The van der Waals surface area contributed by atoms with Gasteiger partial charge in [0, 0.05) is 7.05 Å². The molecule has 1 aromatic carbocycles. The number of hydrogen-bond donors (Lipinski definition) is 1. The highest BCUT2D eigenvalue weighted by Gasteiger charge is 2.33. The predicted molar refractivity (Wildman–Crippen MR) is 148 cm³/mol. The van der Waals surface area contributed by atoms with Crippen LogP contribution in [-0.4, -0.2) is 32.6 Å². The Labute approximate surface area is 226 Å². The van der Waals surface area contributed by atoms with Crippen molar-refractivity contribution in [1.82, 2.24) is 5.32 Å². The molecule has 0 fully saturated rings. The maximum atomic E-state index is 12.5. The summed E-state index contributed by atoms with van der Waals surface area (Å²) < 4.78 is 68.5. The number of aldehydes is 1. The fourth-order valence-corrected chi connectivity index (χ4v) is 3.19. The number of carbonyl (C=O) groups excluding carboxylic acids is 1. The molecule has 38 heavy (non-hydrogen) atoms. The van der Waals surface area contributed by atoms with E-state index in [1.807, 2.05) is 0 Å². The van der Waals surface area contributed by atoms with Crippen LogP contribution in [0.1, 0.15) is 79.9 Å². The van der Waals surface area contributed by atoms with Crippen molar-refractivity contribution in [3.05, 3.63) is 46.8 Å². The molecule has 0 saturated carbocycles. The van der Waals surface area contributed by atoms with E-state index in [0.717, 1.165) is 30.7 Å². The maximum Gasteiger partial charge on any atom is 0.416 e. The fourth-order valence-electron chi connectivity index (χ4n) is 3.19. The Kier molecular flexibility index (Phi) is 26.0. The van der Waals surface area contributed by atoms with Crippen molar-refractivity contribution >= 4 is 12.1 Å². The van der Waals surface area contributed by atoms with Crippen LogP contribution in [0.4, 0.5) is 26.3 Å². The standard InChI is InChI=1S/C16H28N2.C9H8F4.C2H4O.CH2F2.CH4/c1-8-11-18-15(17-7)13(4)12-14(9-2)16(5,6)10-3;1-2-6-3-4-7(10)5-8(6)9(11,12)13;1-2-3;2-1-3;/h1,12,14H,9-11H2,2-7H3,(H,17,18);3-5H,2H2,1H3;2H,1H3;1H2;1H4/b13-12+;;;;. The number of nitrogens with zero attached hydrogens (tertiary/aromatic N) is 1. The number of allylic oxidation sites excluding steroid dienone is 1. The largest absolute Gasteiger partial charge is 0.416 e. The summed E-state index contributed by atoms with van der Waals surface area (Å²) in [6, 6.07) is 2.73. The van der Waals surface area contributed by atoms with E-state index in [1.54, 1.807) is 14.0 Å². The lowest BCUT2D eigenvalue weighted by Gasteiger charge is -2.31. The van der Waals surface area contributed by atoms with Crippen molar-refractivity contribution in [3.63, 3.8) is 0 Å². The number of benzene rings is 1. The molecule has 0 spiro atoms. The van der Waals surface area contributed by atoms with Gasteiger partial charge in [0.15, 0.2) is 0 Å². The van der Waals surface area contributed by atoms with Gasteiger partial charge in [-0.25, -0.2) is 13.2 Å². The van der Waals surface area contributed by atoms with E-state index < -0.39 is 24.5 Å². The van der Waals surface area contributed by atoms with E-state index >= 15 is 0 Å². The number of hydrogen-bond acceptors (Lipinski definition) is 2. The topological polar surface area (TPSA) is 41.5 Å². The first-order valence-electron chi connectivity index (χ1n) is 11.9. The molecule has 0 aliphatic heterocycles. The zero-order valence-corrected chi connectivity index (χ0v) is 23.2. The lowest BCUT2D eigenvalue weighted by molar-refractivity contribution is -0.138. The van der Waals surface area contributed by atoms with E-state index in [0.29, 0.717) is 23.9 Å². The van der Waals surface area contributed by atoms with Gasteiger partial charge in [-0.3, -0.25) is 4.99 Å². The summed E-state index contributed by atoms with van der Waals surface area (Å²) in [5.41, 5.74) is 0.742. The molecule has 0 radical (unpaired) electrons. The van der Waals surface area contributed by atoms with Gasteiger partial charge >= 0.3 is 6.18 Å². The van der Waals surface area contributed by atoms with Crippen LogP contribution in [0.25, 0.3) is 0 Å². The van der Waals surface area contributed by atoms with Gasteiger partial charge in [0.05, 0.1) is 12.1 Å². The summed E-state index contributed by atoms with van der Waals surface area (Å²) in [7, 11) is 1.79. The third-order valence-electron chi connectivity index (χ3n) is 5.52. The van der Waals surface area contributed by atoms with Crippen molar-refractivity contribution in [1.29, 1.82) is 0 Å². The van der Waals surface area contributed by atoms with Crippen LogP contribution in [0.3, 0.4) is 0 Å². The molecule has 1 unspecified atom stereocenters. The minimum Gasteiger partial charge on any atom is -0.359 e. The van der Waals surface area contributed by atoms with Gasteiger partial charge in [0.1, 0.15) is 17.9 Å². The maximum absolute atomic E-state index is 12.5. The summed E-state index contributed by atoms with van der Waals surface area (Å²) in [6.07, 6.45) is 6.44. The van der Waals surface area contributed by atoms with Crippen molar-refractivity contribution < 1.29 is 31.1 Å². The van der Waals surface area contributed by atoms with Gasteiger partial charge in [-0.2, -0.15) is 13.2 Å². The van der Waals surface area contributed by atoms with Crippen LogP contribution < -0.4 is 5.32 Å². The molecule has 220 valence electrons. The monoisotopic (exact) mass is 552 g/mol. The predicted octanol–water partition coefficient (Wildman–Crippen LogP) is 8.78. The highest BCUT2D eigenvalue weighted by molar-refractivity contribution is 5.97. The third kappa shape index (κ3) is 18.5. The third-order valence-corrected chi connectivity index (χ3v) is 5.52. The molecule has 1 rings (SSSR count). The summed E-state index contributed by atoms with van der Waals surface area (Å²) in [5.74, 6) is 3.18. The van der Waals surface area contributed by atoms with Gasteiger partial charge in [0.25, 0.3) is 0 Å². The van der Waals surface area contributed by atoms with Gasteiger partial charge in [-0.1, -0.05) is 66.5 Å². The molecular weight excluding hydrogens is 506 g/mol. The van der Waals surface area contributed by atoms with Crippen molar-refractivity contribution in [2.45, 2.75) is 81.3 Å². The number of aryl methyl sites for hydroxylation is 1.